The maximum atomic E-state index is 13.7. The van der Waals surface area contributed by atoms with Crippen LogP contribution in [0.4, 0.5) is 8.78 Å². The SMILES string of the molecule is CC(C)c1ccc(-n2c(C(N)Cc3cc(F)cc(F)c3)nc3cc(Br)ccc3c2=O)cn1. The average molecular weight is 499 g/mol. The van der Waals surface area contributed by atoms with E-state index < -0.39 is 17.7 Å². The number of rotatable bonds is 5. The van der Waals surface area contributed by atoms with E-state index in [1.165, 1.54) is 16.7 Å². The second-order valence-electron chi connectivity index (χ2n) is 7.96. The molecule has 1 atom stereocenters. The first kappa shape index (κ1) is 22.2. The Kier molecular flexibility index (Phi) is 6.17. The molecule has 4 rings (SSSR count). The van der Waals surface area contributed by atoms with E-state index in [4.69, 9.17) is 5.73 Å². The van der Waals surface area contributed by atoms with E-state index in [2.05, 4.69) is 25.9 Å². The van der Waals surface area contributed by atoms with Crippen molar-refractivity contribution < 1.29 is 8.78 Å². The van der Waals surface area contributed by atoms with Crippen LogP contribution >= 0.6 is 15.9 Å². The van der Waals surface area contributed by atoms with Gasteiger partial charge in [0.05, 0.1) is 28.8 Å². The van der Waals surface area contributed by atoms with Crippen LogP contribution in [-0.4, -0.2) is 14.5 Å². The van der Waals surface area contributed by atoms with Crippen molar-refractivity contribution >= 4 is 26.8 Å². The molecule has 32 heavy (non-hydrogen) atoms. The molecule has 2 aromatic heterocycles. The molecular formula is C24H21BrF2N4O. The third-order valence-electron chi connectivity index (χ3n) is 5.19. The van der Waals surface area contributed by atoms with Crippen molar-refractivity contribution in [3.05, 3.63) is 98.3 Å². The lowest BCUT2D eigenvalue weighted by Crippen LogP contribution is -2.29. The van der Waals surface area contributed by atoms with Crippen molar-refractivity contribution in [2.24, 2.45) is 5.73 Å². The molecule has 0 fully saturated rings. The maximum Gasteiger partial charge on any atom is 0.266 e. The molecule has 0 aliphatic heterocycles. The molecule has 8 heteroatoms. The summed E-state index contributed by atoms with van der Waals surface area (Å²) in [5.74, 6) is -0.858. The molecule has 2 aromatic carbocycles. The van der Waals surface area contributed by atoms with Crippen LogP contribution in [0, 0.1) is 11.6 Å². The molecule has 0 aliphatic rings. The lowest BCUT2D eigenvalue weighted by molar-refractivity contribution is 0.572. The fourth-order valence-electron chi connectivity index (χ4n) is 3.62. The number of benzene rings is 2. The summed E-state index contributed by atoms with van der Waals surface area (Å²) in [6.45, 7) is 4.06. The molecule has 0 bridgehead atoms. The van der Waals surface area contributed by atoms with Crippen LogP contribution in [0.2, 0.25) is 0 Å². The Morgan fingerprint density at radius 2 is 1.78 bits per heavy atom. The molecule has 0 saturated heterocycles. The minimum absolute atomic E-state index is 0.0954. The van der Waals surface area contributed by atoms with E-state index in [0.29, 0.717) is 22.2 Å². The number of aromatic nitrogens is 3. The lowest BCUT2D eigenvalue weighted by Gasteiger charge is -2.19. The van der Waals surface area contributed by atoms with Crippen LogP contribution < -0.4 is 11.3 Å². The van der Waals surface area contributed by atoms with Gasteiger partial charge in [0.25, 0.3) is 5.56 Å². The molecule has 0 radical (unpaired) electrons. The summed E-state index contributed by atoms with van der Waals surface area (Å²) in [6, 6.07) is 11.3. The van der Waals surface area contributed by atoms with Crippen molar-refractivity contribution in [1.29, 1.82) is 0 Å². The Morgan fingerprint density at radius 1 is 1.06 bits per heavy atom. The van der Waals surface area contributed by atoms with Crippen LogP contribution in [0.5, 0.6) is 0 Å². The first-order valence-electron chi connectivity index (χ1n) is 10.1. The quantitative estimate of drug-likeness (QED) is 0.411. The number of nitrogens with zero attached hydrogens (tertiary/aromatic N) is 3. The molecule has 164 valence electrons. The van der Waals surface area contributed by atoms with E-state index >= 15 is 0 Å². The van der Waals surface area contributed by atoms with Gasteiger partial charge >= 0.3 is 0 Å². The lowest BCUT2D eigenvalue weighted by atomic mass is 10.0. The minimum Gasteiger partial charge on any atom is -0.321 e. The number of nitrogens with two attached hydrogens (primary N) is 1. The third-order valence-corrected chi connectivity index (χ3v) is 5.68. The van der Waals surface area contributed by atoms with E-state index in [1.54, 1.807) is 30.5 Å². The highest BCUT2D eigenvalue weighted by Crippen LogP contribution is 2.23. The standard InChI is InChI=1S/C24H21BrF2N4O/c1-13(2)21-6-4-18(12-29-21)31-23(20(28)9-14-7-16(26)11-17(27)8-14)30-22-10-15(25)3-5-19(22)24(31)32/h3-8,10-13,20H,9,28H2,1-2H3. The molecular weight excluding hydrogens is 478 g/mol. The highest BCUT2D eigenvalue weighted by molar-refractivity contribution is 9.10. The Labute approximate surface area is 192 Å². The van der Waals surface area contributed by atoms with Gasteiger partial charge in [0.1, 0.15) is 17.5 Å². The monoisotopic (exact) mass is 498 g/mol. The first-order valence-corrected chi connectivity index (χ1v) is 10.9. The summed E-state index contributed by atoms with van der Waals surface area (Å²) in [5, 5.41) is 0.425. The van der Waals surface area contributed by atoms with Crippen molar-refractivity contribution in [3.8, 4) is 5.69 Å². The molecule has 2 N–H and O–H groups in total. The predicted octanol–water partition coefficient (Wildman–Crippen LogP) is 5.19. The van der Waals surface area contributed by atoms with Gasteiger partial charge < -0.3 is 5.73 Å². The van der Waals surface area contributed by atoms with Crippen molar-refractivity contribution in [3.63, 3.8) is 0 Å². The highest BCUT2D eigenvalue weighted by atomic mass is 79.9. The number of pyridine rings is 1. The van der Waals surface area contributed by atoms with Gasteiger partial charge in [-0.05, 0) is 60.4 Å². The van der Waals surface area contributed by atoms with E-state index in [-0.39, 0.29) is 23.7 Å². The second kappa shape index (κ2) is 8.88. The molecule has 0 aliphatic carbocycles. The van der Waals surface area contributed by atoms with Gasteiger partial charge in [-0.15, -0.1) is 0 Å². The molecule has 4 aromatic rings. The van der Waals surface area contributed by atoms with Crippen molar-refractivity contribution in [2.75, 3.05) is 0 Å². The number of hydrogen-bond donors (Lipinski definition) is 1. The summed E-state index contributed by atoms with van der Waals surface area (Å²) >= 11 is 3.40. The highest BCUT2D eigenvalue weighted by Gasteiger charge is 2.20. The van der Waals surface area contributed by atoms with Crippen molar-refractivity contribution in [1.82, 2.24) is 14.5 Å². The fourth-order valence-corrected chi connectivity index (χ4v) is 3.97. The topological polar surface area (TPSA) is 73.8 Å². The van der Waals surface area contributed by atoms with Gasteiger partial charge in [0.15, 0.2) is 0 Å². The number of fused-ring (bicyclic) bond motifs is 1. The first-order chi connectivity index (χ1) is 15.2. The molecule has 5 nitrogen and oxygen atoms in total. The van der Waals surface area contributed by atoms with Gasteiger partial charge in [-0.3, -0.25) is 14.3 Å². The summed E-state index contributed by atoms with van der Waals surface area (Å²) in [7, 11) is 0. The van der Waals surface area contributed by atoms with Gasteiger partial charge in [0.2, 0.25) is 0 Å². The summed E-state index contributed by atoms with van der Waals surface area (Å²) in [6.07, 6.45) is 1.71. The zero-order valence-corrected chi connectivity index (χ0v) is 19.1. The van der Waals surface area contributed by atoms with Crippen LogP contribution in [-0.2, 0) is 6.42 Å². The summed E-state index contributed by atoms with van der Waals surface area (Å²) in [5.41, 5.74) is 8.41. The fraction of sp³-hybridized carbons (Fsp3) is 0.208. The number of halogens is 3. The molecule has 2 heterocycles. The average Bonchev–Trinajstić information content (AvgIpc) is 2.72. The molecule has 0 spiro atoms. The smallest absolute Gasteiger partial charge is 0.266 e. The normalized spacial score (nSPS) is 12.5. The Bertz CT molecular complexity index is 1330. The van der Waals surface area contributed by atoms with Gasteiger partial charge in [-0.25, -0.2) is 13.8 Å². The van der Waals surface area contributed by atoms with E-state index in [1.807, 2.05) is 19.9 Å². The van der Waals surface area contributed by atoms with Crippen LogP contribution in [0.1, 0.15) is 42.9 Å². The van der Waals surface area contributed by atoms with Crippen LogP contribution in [0.15, 0.2) is 64.0 Å². The molecule has 0 saturated carbocycles. The van der Waals surface area contributed by atoms with E-state index in [9.17, 15) is 13.6 Å². The molecule has 1 unspecified atom stereocenters. The molecule has 0 amide bonds. The van der Waals surface area contributed by atoms with Gasteiger partial charge in [-0.2, -0.15) is 0 Å². The zero-order valence-electron chi connectivity index (χ0n) is 17.5. The van der Waals surface area contributed by atoms with E-state index in [0.717, 1.165) is 16.2 Å². The maximum absolute atomic E-state index is 13.7. The predicted molar refractivity (Wildman–Crippen MR) is 124 cm³/mol. The Balaban J connectivity index is 1.88. The Hall–Kier alpha value is -2.97. The Morgan fingerprint density at radius 3 is 2.41 bits per heavy atom. The van der Waals surface area contributed by atoms with Gasteiger partial charge in [-0.1, -0.05) is 29.8 Å². The largest absolute Gasteiger partial charge is 0.321 e. The second-order valence-corrected chi connectivity index (χ2v) is 8.87. The van der Waals surface area contributed by atoms with Gasteiger partial charge in [0, 0.05) is 16.2 Å². The summed E-state index contributed by atoms with van der Waals surface area (Å²) in [4.78, 5) is 22.6. The van der Waals surface area contributed by atoms with Crippen LogP contribution in [0.25, 0.3) is 16.6 Å². The minimum atomic E-state index is -0.794. The van der Waals surface area contributed by atoms with Crippen LogP contribution in [0.3, 0.4) is 0 Å². The third kappa shape index (κ3) is 4.47. The van der Waals surface area contributed by atoms with Crippen molar-refractivity contribution in [2.45, 2.75) is 32.2 Å². The zero-order chi connectivity index (χ0) is 23.0. The number of hydrogen-bond acceptors (Lipinski definition) is 4. The summed E-state index contributed by atoms with van der Waals surface area (Å²) < 4.78 is 29.6.